The molecule has 0 aromatic rings. The molecule has 1 unspecified atom stereocenters. The first kappa shape index (κ1) is 12.5. The number of carboxylic acids is 1. The lowest BCUT2D eigenvalue weighted by Gasteiger charge is -2.25. The molecule has 0 fully saturated rings. The maximum atomic E-state index is 11.7. The van der Waals surface area contributed by atoms with Crippen LogP contribution in [-0.2, 0) is 4.79 Å². The molecule has 16 heavy (non-hydrogen) atoms. The number of hydrogen-bond acceptors (Lipinski definition) is 2. The Hall–Kier alpha value is -1.52. The zero-order valence-electron chi connectivity index (χ0n) is 9.48. The topological polar surface area (TPSA) is 69.6 Å². The molecule has 0 saturated heterocycles. The van der Waals surface area contributed by atoms with Crippen LogP contribution in [0.3, 0.4) is 0 Å². The van der Waals surface area contributed by atoms with E-state index in [9.17, 15) is 9.59 Å². The van der Waals surface area contributed by atoms with Crippen molar-refractivity contribution in [2.45, 2.75) is 32.2 Å². The normalized spacial score (nSPS) is 16.9. The Balaban J connectivity index is 2.27. The van der Waals surface area contributed by atoms with Gasteiger partial charge in [0.05, 0.1) is 0 Å². The minimum atomic E-state index is -0.831. The van der Waals surface area contributed by atoms with Gasteiger partial charge in [0.1, 0.15) is 0 Å². The predicted molar refractivity (Wildman–Crippen MR) is 60.2 cm³/mol. The van der Waals surface area contributed by atoms with E-state index in [0.29, 0.717) is 13.0 Å². The number of urea groups is 1. The molecule has 1 aliphatic heterocycles. The molecule has 5 nitrogen and oxygen atoms in total. The van der Waals surface area contributed by atoms with Gasteiger partial charge < -0.3 is 15.3 Å². The fraction of sp³-hybridized carbons (Fsp3) is 0.636. The molecule has 1 atom stereocenters. The Kier molecular flexibility index (Phi) is 4.82. The van der Waals surface area contributed by atoms with Crippen molar-refractivity contribution >= 4 is 12.0 Å². The van der Waals surface area contributed by atoms with Crippen LogP contribution in [0.4, 0.5) is 4.79 Å². The van der Waals surface area contributed by atoms with Crippen molar-refractivity contribution in [3.05, 3.63) is 12.2 Å². The predicted octanol–water partition coefficient (Wildman–Crippen LogP) is 1.21. The van der Waals surface area contributed by atoms with E-state index in [-0.39, 0.29) is 18.5 Å². The van der Waals surface area contributed by atoms with Crippen LogP contribution in [0.15, 0.2) is 12.2 Å². The van der Waals surface area contributed by atoms with Crippen molar-refractivity contribution in [2.75, 3.05) is 13.1 Å². The fourth-order valence-corrected chi connectivity index (χ4v) is 1.54. The summed E-state index contributed by atoms with van der Waals surface area (Å²) in [6, 6.07) is -0.211. The SMILES string of the molecule is CC(CCC(=O)O)NC(=O)N1CC=CCC1. The molecule has 1 heterocycles. The number of carbonyl (C=O) groups excluding carboxylic acids is 1. The third kappa shape index (κ3) is 4.33. The molecule has 2 N–H and O–H groups in total. The van der Waals surface area contributed by atoms with Crippen LogP contribution in [0.25, 0.3) is 0 Å². The molecule has 0 saturated carbocycles. The highest BCUT2D eigenvalue weighted by molar-refractivity contribution is 5.75. The standard InChI is InChI=1S/C11H18N2O3/c1-9(5-6-10(14)15)12-11(16)13-7-3-2-4-8-13/h2-3,9H,4-8H2,1H3,(H,12,16)(H,14,15). The zero-order valence-corrected chi connectivity index (χ0v) is 9.48. The summed E-state index contributed by atoms with van der Waals surface area (Å²) in [5.74, 6) is -0.831. The fourth-order valence-electron chi connectivity index (χ4n) is 1.54. The molecule has 0 aliphatic carbocycles. The third-order valence-corrected chi connectivity index (χ3v) is 2.51. The number of rotatable bonds is 4. The largest absolute Gasteiger partial charge is 0.481 e. The van der Waals surface area contributed by atoms with Crippen LogP contribution in [0.2, 0.25) is 0 Å². The van der Waals surface area contributed by atoms with E-state index < -0.39 is 5.97 Å². The van der Waals surface area contributed by atoms with Crippen molar-refractivity contribution in [3.63, 3.8) is 0 Å². The van der Waals surface area contributed by atoms with Gasteiger partial charge in [-0.05, 0) is 19.8 Å². The Labute approximate surface area is 95.1 Å². The number of hydrogen-bond donors (Lipinski definition) is 2. The summed E-state index contributed by atoms with van der Waals surface area (Å²) in [6.07, 6.45) is 5.45. The Morgan fingerprint density at radius 1 is 1.50 bits per heavy atom. The van der Waals surface area contributed by atoms with Gasteiger partial charge in [0, 0.05) is 25.6 Å². The lowest BCUT2D eigenvalue weighted by atomic mass is 10.2. The zero-order chi connectivity index (χ0) is 12.0. The highest BCUT2D eigenvalue weighted by atomic mass is 16.4. The summed E-state index contributed by atoms with van der Waals surface area (Å²) in [5, 5.41) is 11.3. The smallest absolute Gasteiger partial charge is 0.317 e. The second-order valence-corrected chi connectivity index (χ2v) is 3.99. The summed E-state index contributed by atoms with van der Waals surface area (Å²) in [6.45, 7) is 3.19. The lowest BCUT2D eigenvalue weighted by Crippen LogP contribution is -2.45. The average Bonchev–Trinajstić information content (AvgIpc) is 2.27. The molecule has 0 bridgehead atoms. The van der Waals surface area contributed by atoms with Crippen LogP contribution in [0.1, 0.15) is 26.2 Å². The highest BCUT2D eigenvalue weighted by Gasteiger charge is 2.15. The first-order valence-electron chi connectivity index (χ1n) is 5.52. The number of carboxylic acid groups (broad SMARTS) is 1. The molecule has 1 aliphatic rings. The van der Waals surface area contributed by atoms with E-state index in [1.165, 1.54) is 0 Å². The van der Waals surface area contributed by atoms with Gasteiger partial charge in [0.2, 0.25) is 0 Å². The van der Waals surface area contributed by atoms with Crippen molar-refractivity contribution < 1.29 is 14.7 Å². The minimum Gasteiger partial charge on any atom is -0.481 e. The van der Waals surface area contributed by atoms with E-state index in [0.717, 1.165) is 13.0 Å². The van der Waals surface area contributed by atoms with Gasteiger partial charge in [-0.1, -0.05) is 12.2 Å². The van der Waals surface area contributed by atoms with Crippen LogP contribution < -0.4 is 5.32 Å². The van der Waals surface area contributed by atoms with Crippen molar-refractivity contribution in [3.8, 4) is 0 Å². The molecule has 0 radical (unpaired) electrons. The second kappa shape index (κ2) is 6.15. The van der Waals surface area contributed by atoms with Crippen molar-refractivity contribution in [1.82, 2.24) is 10.2 Å². The number of carbonyl (C=O) groups is 2. The molecule has 5 heteroatoms. The lowest BCUT2D eigenvalue weighted by molar-refractivity contribution is -0.137. The molecule has 90 valence electrons. The molecule has 0 aromatic heterocycles. The van der Waals surface area contributed by atoms with Gasteiger partial charge in [-0.25, -0.2) is 4.79 Å². The van der Waals surface area contributed by atoms with E-state index in [2.05, 4.69) is 11.4 Å². The van der Waals surface area contributed by atoms with Gasteiger partial charge in [-0.2, -0.15) is 0 Å². The number of nitrogens with zero attached hydrogens (tertiary/aromatic N) is 1. The molecule has 2 amide bonds. The summed E-state index contributed by atoms with van der Waals surface area (Å²) >= 11 is 0. The van der Waals surface area contributed by atoms with Gasteiger partial charge in [-0.3, -0.25) is 4.79 Å². The number of nitrogens with one attached hydrogen (secondary N) is 1. The minimum absolute atomic E-state index is 0.0847. The monoisotopic (exact) mass is 226 g/mol. The maximum absolute atomic E-state index is 11.7. The number of amides is 2. The molecule has 0 spiro atoms. The van der Waals surface area contributed by atoms with Gasteiger partial charge in [0.15, 0.2) is 0 Å². The van der Waals surface area contributed by atoms with E-state index in [4.69, 9.17) is 5.11 Å². The van der Waals surface area contributed by atoms with Gasteiger partial charge in [-0.15, -0.1) is 0 Å². The summed E-state index contributed by atoms with van der Waals surface area (Å²) in [5.41, 5.74) is 0. The molecule has 1 rings (SSSR count). The summed E-state index contributed by atoms with van der Waals surface area (Å²) in [7, 11) is 0. The van der Waals surface area contributed by atoms with Gasteiger partial charge in [0.25, 0.3) is 0 Å². The van der Waals surface area contributed by atoms with E-state index in [1.54, 1.807) is 4.90 Å². The van der Waals surface area contributed by atoms with Crippen LogP contribution >= 0.6 is 0 Å². The summed E-state index contributed by atoms with van der Waals surface area (Å²) < 4.78 is 0. The quantitative estimate of drug-likeness (QED) is 0.708. The summed E-state index contributed by atoms with van der Waals surface area (Å²) in [4.78, 5) is 23.8. The average molecular weight is 226 g/mol. The van der Waals surface area contributed by atoms with Crippen LogP contribution in [-0.4, -0.2) is 41.1 Å². The van der Waals surface area contributed by atoms with Gasteiger partial charge >= 0.3 is 12.0 Å². The van der Waals surface area contributed by atoms with Crippen LogP contribution in [0.5, 0.6) is 0 Å². The first-order valence-corrected chi connectivity index (χ1v) is 5.52. The van der Waals surface area contributed by atoms with E-state index >= 15 is 0 Å². The molecular formula is C11H18N2O3. The number of aliphatic carboxylic acids is 1. The van der Waals surface area contributed by atoms with Crippen molar-refractivity contribution in [1.29, 1.82) is 0 Å². The third-order valence-electron chi connectivity index (χ3n) is 2.51. The second-order valence-electron chi connectivity index (χ2n) is 3.99. The molecule has 0 aromatic carbocycles. The highest BCUT2D eigenvalue weighted by Crippen LogP contribution is 2.03. The van der Waals surface area contributed by atoms with Crippen LogP contribution in [0, 0.1) is 0 Å². The Bertz CT molecular complexity index is 289. The Morgan fingerprint density at radius 3 is 2.81 bits per heavy atom. The first-order chi connectivity index (χ1) is 7.59. The van der Waals surface area contributed by atoms with E-state index in [1.807, 2.05) is 13.0 Å². The van der Waals surface area contributed by atoms with Crippen molar-refractivity contribution in [2.24, 2.45) is 0 Å². The Morgan fingerprint density at radius 2 is 2.25 bits per heavy atom. The molecular weight excluding hydrogens is 208 g/mol. The maximum Gasteiger partial charge on any atom is 0.317 e.